The Hall–Kier alpha value is -1.58. The lowest BCUT2D eigenvalue weighted by molar-refractivity contribution is 0.194. The van der Waals surface area contributed by atoms with Crippen LogP contribution in [0.5, 0.6) is 5.75 Å². The summed E-state index contributed by atoms with van der Waals surface area (Å²) in [6.45, 7) is 5.27. The van der Waals surface area contributed by atoms with E-state index in [1.54, 1.807) is 7.11 Å². The van der Waals surface area contributed by atoms with E-state index in [9.17, 15) is 0 Å². The molecule has 3 nitrogen and oxygen atoms in total. The van der Waals surface area contributed by atoms with E-state index < -0.39 is 0 Å². The Morgan fingerprint density at radius 2 is 1.95 bits per heavy atom. The molecule has 0 spiro atoms. The van der Waals surface area contributed by atoms with Gasteiger partial charge in [-0.1, -0.05) is 30.3 Å². The number of hydrogen-bond acceptors (Lipinski definition) is 3. The Kier molecular flexibility index (Phi) is 5.84. The van der Waals surface area contributed by atoms with Gasteiger partial charge in [-0.2, -0.15) is 0 Å². The van der Waals surface area contributed by atoms with Gasteiger partial charge in [0.25, 0.3) is 0 Å². The third kappa shape index (κ3) is 3.71. The highest BCUT2D eigenvalue weighted by molar-refractivity contribution is 5.87. The standard InChI is InChI=1S/C17H23NO2/c1-3-20-17-10-9-14-7-4-5-8-15(14)16(17)13-18-11-6-12-19-2/h4-5,7-10,18H,3,6,11-13H2,1-2H3. The van der Waals surface area contributed by atoms with Gasteiger partial charge in [0, 0.05) is 25.8 Å². The summed E-state index contributed by atoms with van der Waals surface area (Å²) in [5, 5.41) is 5.98. The highest BCUT2D eigenvalue weighted by atomic mass is 16.5. The summed E-state index contributed by atoms with van der Waals surface area (Å²) in [5.74, 6) is 0.977. The van der Waals surface area contributed by atoms with Crippen LogP contribution in [0.2, 0.25) is 0 Å². The van der Waals surface area contributed by atoms with E-state index in [-0.39, 0.29) is 0 Å². The minimum absolute atomic E-state index is 0.689. The molecule has 108 valence electrons. The molecule has 20 heavy (non-hydrogen) atoms. The van der Waals surface area contributed by atoms with Crippen molar-refractivity contribution in [3.63, 3.8) is 0 Å². The molecule has 2 aromatic carbocycles. The SMILES string of the molecule is CCOc1ccc2ccccc2c1CNCCCOC. The summed E-state index contributed by atoms with van der Waals surface area (Å²) in [5.41, 5.74) is 1.24. The van der Waals surface area contributed by atoms with Crippen LogP contribution in [0.15, 0.2) is 36.4 Å². The second-order valence-electron chi connectivity index (χ2n) is 4.72. The molecule has 3 heteroatoms. The Morgan fingerprint density at radius 3 is 2.75 bits per heavy atom. The van der Waals surface area contributed by atoms with Gasteiger partial charge in [0.15, 0.2) is 0 Å². The number of hydrogen-bond donors (Lipinski definition) is 1. The van der Waals surface area contributed by atoms with Crippen molar-refractivity contribution in [3.8, 4) is 5.75 Å². The van der Waals surface area contributed by atoms with Crippen LogP contribution < -0.4 is 10.1 Å². The lowest BCUT2D eigenvalue weighted by atomic mass is 10.0. The van der Waals surface area contributed by atoms with E-state index in [0.717, 1.165) is 31.9 Å². The number of methoxy groups -OCH3 is 1. The minimum atomic E-state index is 0.689. The number of nitrogens with one attached hydrogen (secondary N) is 1. The van der Waals surface area contributed by atoms with E-state index in [0.29, 0.717) is 6.61 Å². The van der Waals surface area contributed by atoms with Crippen LogP contribution >= 0.6 is 0 Å². The third-order valence-corrected chi connectivity index (χ3v) is 3.30. The Labute approximate surface area is 120 Å². The zero-order valence-electron chi connectivity index (χ0n) is 12.3. The van der Waals surface area contributed by atoms with Crippen LogP contribution in [0.3, 0.4) is 0 Å². The number of benzene rings is 2. The molecule has 0 aliphatic rings. The van der Waals surface area contributed by atoms with Gasteiger partial charge in [0.05, 0.1) is 6.61 Å². The Bertz CT molecular complexity index is 540. The summed E-state index contributed by atoms with van der Waals surface area (Å²) < 4.78 is 10.8. The second-order valence-corrected chi connectivity index (χ2v) is 4.72. The van der Waals surface area contributed by atoms with Gasteiger partial charge >= 0.3 is 0 Å². The van der Waals surface area contributed by atoms with Crippen LogP contribution in [0.25, 0.3) is 10.8 Å². The van der Waals surface area contributed by atoms with Gasteiger partial charge < -0.3 is 14.8 Å². The van der Waals surface area contributed by atoms with Gasteiger partial charge in [0.1, 0.15) is 5.75 Å². The fourth-order valence-corrected chi connectivity index (χ4v) is 2.34. The highest BCUT2D eigenvalue weighted by Gasteiger charge is 2.08. The molecule has 0 amide bonds. The lowest BCUT2D eigenvalue weighted by Gasteiger charge is -2.14. The van der Waals surface area contributed by atoms with E-state index >= 15 is 0 Å². The fourth-order valence-electron chi connectivity index (χ4n) is 2.34. The summed E-state index contributed by atoms with van der Waals surface area (Å²) in [4.78, 5) is 0. The summed E-state index contributed by atoms with van der Waals surface area (Å²) in [6.07, 6.45) is 1.02. The second kappa shape index (κ2) is 7.88. The lowest BCUT2D eigenvalue weighted by Crippen LogP contribution is -2.17. The summed E-state index contributed by atoms with van der Waals surface area (Å²) in [7, 11) is 1.73. The predicted molar refractivity (Wildman–Crippen MR) is 83.3 cm³/mol. The van der Waals surface area contributed by atoms with Crippen molar-refractivity contribution >= 4 is 10.8 Å². The first-order chi connectivity index (χ1) is 9.86. The first-order valence-corrected chi connectivity index (χ1v) is 7.20. The summed E-state index contributed by atoms with van der Waals surface area (Å²) in [6, 6.07) is 12.6. The summed E-state index contributed by atoms with van der Waals surface area (Å²) >= 11 is 0. The van der Waals surface area contributed by atoms with Crippen molar-refractivity contribution in [2.24, 2.45) is 0 Å². The maximum absolute atomic E-state index is 5.76. The number of fused-ring (bicyclic) bond motifs is 1. The van der Waals surface area contributed by atoms with Gasteiger partial charge in [-0.05, 0) is 36.7 Å². The number of rotatable bonds is 8. The number of ether oxygens (including phenoxy) is 2. The molecule has 0 unspecified atom stereocenters. The third-order valence-electron chi connectivity index (χ3n) is 3.30. The average Bonchev–Trinajstić information content (AvgIpc) is 2.49. The predicted octanol–water partition coefficient (Wildman–Crippen LogP) is 3.36. The van der Waals surface area contributed by atoms with Crippen molar-refractivity contribution in [2.75, 3.05) is 26.9 Å². The van der Waals surface area contributed by atoms with Crippen molar-refractivity contribution in [1.29, 1.82) is 0 Å². The molecule has 0 fully saturated rings. The van der Waals surface area contributed by atoms with Gasteiger partial charge in [-0.3, -0.25) is 0 Å². The van der Waals surface area contributed by atoms with E-state index in [2.05, 4.69) is 41.7 Å². The van der Waals surface area contributed by atoms with Gasteiger partial charge in [-0.25, -0.2) is 0 Å². The Balaban J connectivity index is 2.16. The first kappa shape index (κ1) is 14.8. The van der Waals surface area contributed by atoms with Crippen molar-refractivity contribution in [3.05, 3.63) is 42.0 Å². The molecule has 1 N–H and O–H groups in total. The molecule has 0 aromatic heterocycles. The molecule has 0 saturated carbocycles. The molecule has 0 bridgehead atoms. The molecule has 0 radical (unpaired) electrons. The molecule has 0 heterocycles. The topological polar surface area (TPSA) is 30.5 Å². The van der Waals surface area contributed by atoms with Crippen LogP contribution in [-0.2, 0) is 11.3 Å². The molecular formula is C17H23NO2. The fraction of sp³-hybridized carbons (Fsp3) is 0.412. The molecule has 0 aliphatic carbocycles. The van der Waals surface area contributed by atoms with Crippen LogP contribution in [0.4, 0.5) is 0 Å². The van der Waals surface area contributed by atoms with Crippen LogP contribution in [0.1, 0.15) is 18.9 Å². The average molecular weight is 273 g/mol. The molecule has 0 aliphatic heterocycles. The van der Waals surface area contributed by atoms with Gasteiger partial charge in [-0.15, -0.1) is 0 Å². The molecule has 0 saturated heterocycles. The van der Waals surface area contributed by atoms with Crippen molar-refractivity contribution in [2.45, 2.75) is 19.9 Å². The van der Waals surface area contributed by atoms with E-state index in [4.69, 9.17) is 9.47 Å². The monoisotopic (exact) mass is 273 g/mol. The zero-order valence-corrected chi connectivity index (χ0v) is 12.3. The largest absolute Gasteiger partial charge is 0.494 e. The first-order valence-electron chi connectivity index (χ1n) is 7.20. The molecule has 2 rings (SSSR count). The maximum atomic E-state index is 5.76. The molecule has 0 atom stereocenters. The molecule has 2 aromatic rings. The van der Waals surface area contributed by atoms with Gasteiger partial charge in [0.2, 0.25) is 0 Å². The smallest absolute Gasteiger partial charge is 0.124 e. The normalized spacial score (nSPS) is 10.9. The van der Waals surface area contributed by atoms with Crippen LogP contribution in [0, 0.1) is 0 Å². The Morgan fingerprint density at radius 1 is 1.10 bits per heavy atom. The van der Waals surface area contributed by atoms with E-state index in [1.807, 2.05) is 6.92 Å². The quantitative estimate of drug-likeness (QED) is 0.748. The van der Waals surface area contributed by atoms with Crippen LogP contribution in [-0.4, -0.2) is 26.9 Å². The van der Waals surface area contributed by atoms with Crippen molar-refractivity contribution in [1.82, 2.24) is 5.32 Å². The maximum Gasteiger partial charge on any atom is 0.124 e. The molecular weight excluding hydrogens is 250 g/mol. The highest BCUT2D eigenvalue weighted by Crippen LogP contribution is 2.28. The zero-order chi connectivity index (χ0) is 14.2. The minimum Gasteiger partial charge on any atom is -0.494 e. The van der Waals surface area contributed by atoms with E-state index in [1.165, 1.54) is 16.3 Å². The van der Waals surface area contributed by atoms with Crippen molar-refractivity contribution < 1.29 is 9.47 Å².